The molecular weight excluding hydrogens is 433 g/mol. The zero-order chi connectivity index (χ0) is 23.0. The topological polar surface area (TPSA) is 178 Å². The molecule has 1 fully saturated rings. The van der Waals surface area contributed by atoms with E-state index >= 15 is 0 Å². The maximum Gasteiger partial charge on any atom is 0.519 e. The van der Waals surface area contributed by atoms with Crippen LogP contribution in [-0.4, -0.2) is 55.7 Å². The minimum Gasteiger partial charge on any atom is -0.426 e. The van der Waals surface area contributed by atoms with Gasteiger partial charge in [-0.1, -0.05) is 5.92 Å². The summed E-state index contributed by atoms with van der Waals surface area (Å²) in [6.07, 6.45) is 3.24. The minimum atomic E-state index is -1.73. The summed E-state index contributed by atoms with van der Waals surface area (Å²) in [5, 5.41) is 9.87. The van der Waals surface area contributed by atoms with Crippen LogP contribution >= 0.6 is 0 Å². The molecule has 32 heavy (non-hydrogen) atoms. The highest BCUT2D eigenvalue weighted by molar-refractivity contribution is 5.81. The molecule has 4 heterocycles. The number of halogens is 1. The Morgan fingerprint density at radius 3 is 2.94 bits per heavy atom. The monoisotopic (exact) mass is 449 g/mol. The summed E-state index contributed by atoms with van der Waals surface area (Å²) < 4.78 is 40.4. The summed E-state index contributed by atoms with van der Waals surface area (Å²) in [5.41, 5.74) is 4.08. The van der Waals surface area contributed by atoms with Crippen LogP contribution in [0.5, 0.6) is 0 Å². The first kappa shape index (κ1) is 21.3. The Kier molecular flexibility index (Phi) is 5.28. The summed E-state index contributed by atoms with van der Waals surface area (Å²) in [7, 11) is 0. The number of terminal acetylenes is 1. The first-order valence-electron chi connectivity index (χ1n) is 9.09. The van der Waals surface area contributed by atoms with Crippen molar-refractivity contribution in [2.75, 3.05) is 18.9 Å². The molecule has 13 nitrogen and oxygen atoms in total. The number of rotatable bonds is 5. The zero-order valence-electron chi connectivity index (χ0n) is 16.5. The van der Waals surface area contributed by atoms with Gasteiger partial charge in [0.1, 0.15) is 11.6 Å². The number of imidazole rings is 1. The van der Waals surface area contributed by atoms with Gasteiger partial charge in [0.05, 0.1) is 19.5 Å². The van der Waals surface area contributed by atoms with E-state index in [2.05, 4.69) is 25.3 Å². The molecular formula is C18H16FN5O8. The number of nitrogens with zero attached hydrogens (tertiary/aromatic N) is 4. The van der Waals surface area contributed by atoms with E-state index in [1.165, 1.54) is 17.8 Å². The maximum atomic E-state index is 13.7. The van der Waals surface area contributed by atoms with Crippen LogP contribution in [0.15, 0.2) is 20.0 Å². The first-order valence-corrected chi connectivity index (χ1v) is 9.09. The van der Waals surface area contributed by atoms with Crippen molar-refractivity contribution in [3.05, 3.63) is 34.5 Å². The number of aliphatic hydroxyl groups is 1. The van der Waals surface area contributed by atoms with Crippen LogP contribution in [0.4, 0.5) is 15.0 Å². The van der Waals surface area contributed by atoms with Crippen LogP contribution in [0.2, 0.25) is 0 Å². The summed E-state index contributed by atoms with van der Waals surface area (Å²) in [6, 6.07) is -0.877. The number of aryl methyl sites for hydroxylation is 1. The number of anilines is 1. The van der Waals surface area contributed by atoms with Gasteiger partial charge in [-0.25, -0.2) is 14.6 Å². The van der Waals surface area contributed by atoms with E-state index < -0.39 is 49.0 Å². The fourth-order valence-electron chi connectivity index (χ4n) is 3.34. The van der Waals surface area contributed by atoms with E-state index in [-0.39, 0.29) is 35.1 Å². The van der Waals surface area contributed by atoms with Crippen LogP contribution in [0.3, 0.4) is 0 Å². The Hall–Kier alpha value is -3.96. The van der Waals surface area contributed by atoms with E-state index in [9.17, 15) is 19.1 Å². The molecule has 1 unspecified atom stereocenters. The highest BCUT2D eigenvalue weighted by Crippen LogP contribution is 2.37. The average Bonchev–Trinajstić information content (AvgIpc) is 3.41. The van der Waals surface area contributed by atoms with Crippen molar-refractivity contribution in [1.82, 2.24) is 19.5 Å². The van der Waals surface area contributed by atoms with Gasteiger partial charge in [0.2, 0.25) is 0 Å². The maximum absolute atomic E-state index is 13.7. The molecule has 0 amide bonds. The summed E-state index contributed by atoms with van der Waals surface area (Å²) in [5.74, 6) is 1.26. The Morgan fingerprint density at radius 1 is 1.50 bits per heavy atom. The quantitative estimate of drug-likeness (QED) is 0.304. The van der Waals surface area contributed by atoms with Crippen molar-refractivity contribution in [2.24, 2.45) is 0 Å². The van der Waals surface area contributed by atoms with Gasteiger partial charge >= 0.3 is 18.1 Å². The summed E-state index contributed by atoms with van der Waals surface area (Å²) in [4.78, 5) is 34.6. The lowest BCUT2D eigenvalue weighted by Crippen LogP contribution is -2.46. The fourth-order valence-corrected chi connectivity index (χ4v) is 3.34. The van der Waals surface area contributed by atoms with Gasteiger partial charge in [0, 0.05) is 0 Å². The SMILES string of the molecule is C#C[C@]1(CO)OCC(n2cnc3c(N)nc(F)nc32)[C@@H]1OC(=O)OCc1oc(=O)oc1C. The van der Waals surface area contributed by atoms with Gasteiger partial charge in [0.25, 0.3) is 0 Å². The number of carbonyl (C=O) groups excluding carboxylic acids is 1. The van der Waals surface area contributed by atoms with Gasteiger partial charge in [-0.05, 0) is 6.92 Å². The lowest BCUT2D eigenvalue weighted by Gasteiger charge is -2.29. The number of fused-ring (bicyclic) bond motifs is 1. The fraction of sp³-hybridized carbons (Fsp3) is 0.389. The van der Waals surface area contributed by atoms with Crippen LogP contribution < -0.4 is 11.6 Å². The number of aliphatic hydroxyl groups excluding tert-OH is 1. The van der Waals surface area contributed by atoms with Gasteiger partial charge in [-0.15, -0.1) is 6.42 Å². The van der Waals surface area contributed by atoms with E-state index in [0.717, 1.165) is 0 Å². The van der Waals surface area contributed by atoms with Crippen LogP contribution in [0, 0.1) is 25.3 Å². The van der Waals surface area contributed by atoms with E-state index in [4.69, 9.17) is 30.8 Å². The van der Waals surface area contributed by atoms with Crippen molar-refractivity contribution in [3.63, 3.8) is 0 Å². The molecule has 0 radical (unpaired) electrons. The molecule has 1 aliphatic heterocycles. The number of nitrogen functional groups attached to an aromatic ring is 1. The summed E-state index contributed by atoms with van der Waals surface area (Å²) in [6.45, 7) is 0.142. The lowest BCUT2D eigenvalue weighted by molar-refractivity contribution is -0.0720. The zero-order valence-corrected chi connectivity index (χ0v) is 16.5. The Balaban J connectivity index is 1.62. The molecule has 1 saturated heterocycles. The molecule has 168 valence electrons. The molecule has 0 bridgehead atoms. The lowest BCUT2D eigenvalue weighted by atomic mass is 9.95. The molecule has 4 rings (SSSR count). The van der Waals surface area contributed by atoms with Crippen LogP contribution in [0.25, 0.3) is 11.2 Å². The smallest absolute Gasteiger partial charge is 0.426 e. The van der Waals surface area contributed by atoms with E-state index in [0.29, 0.717) is 0 Å². The average molecular weight is 449 g/mol. The molecule has 3 aromatic heterocycles. The predicted octanol–water partition coefficient (Wildman–Crippen LogP) is 0.0598. The van der Waals surface area contributed by atoms with Crippen molar-refractivity contribution < 1.29 is 37.3 Å². The number of carbonyl (C=O) groups is 1. The van der Waals surface area contributed by atoms with Crippen molar-refractivity contribution in [2.45, 2.75) is 31.3 Å². The highest BCUT2D eigenvalue weighted by atomic mass is 19.1. The Bertz CT molecular complexity index is 1280. The Morgan fingerprint density at radius 2 is 2.28 bits per heavy atom. The van der Waals surface area contributed by atoms with Gasteiger partial charge in [-0.3, -0.25) is 0 Å². The first-order chi connectivity index (χ1) is 15.3. The van der Waals surface area contributed by atoms with Gasteiger partial charge in [-0.2, -0.15) is 14.4 Å². The van der Waals surface area contributed by atoms with Crippen molar-refractivity contribution >= 4 is 23.1 Å². The Labute approximate surface area is 177 Å². The predicted molar refractivity (Wildman–Crippen MR) is 100 cm³/mol. The normalized spacial score (nSPS) is 22.7. The highest BCUT2D eigenvalue weighted by Gasteiger charge is 2.53. The number of nitrogens with two attached hydrogens (primary N) is 1. The largest absolute Gasteiger partial charge is 0.519 e. The molecule has 3 aromatic rings. The summed E-state index contributed by atoms with van der Waals surface area (Å²) >= 11 is 0. The van der Waals surface area contributed by atoms with Gasteiger partial charge in [0.15, 0.2) is 41.3 Å². The van der Waals surface area contributed by atoms with Crippen molar-refractivity contribution in [1.29, 1.82) is 0 Å². The molecule has 0 saturated carbocycles. The second kappa shape index (κ2) is 7.94. The van der Waals surface area contributed by atoms with Crippen molar-refractivity contribution in [3.8, 4) is 12.3 Å². The standard InChI is InChI=1S/C18H16FN5O8/c1-3-18(6-25)12(32-16(26)28-5-10-8(2)30-17(27)31-10)9(4-29-18)24-7-21-11-13(20)22-15(19)23-14(11)24/h1,7,9,12,25H,4-6H2,2H3,(H2,20,22,23)/t9?,12-,18+/m0/s1. The molecule has 14 heteroatoms. The third-order valence-electron chi connectivity index (χ3n) is 4.96. The second-order valence-corrected chi connectivity index (χ2v) is 6.78. The van der Waals surface area contributed by atoms with Crippen LogP contribution in [0.1, 0.15) is 17.6 Å². The molecule has 3 atom stereocenters. The molecule has 0 aromatic carbocycles. The van der Waals surface area contributed by atoms with E-state index in [1.54, 1.807) is 0 Å². The number of hydrogen-bond donors (Lipinski definition) is 2. The number of ether oxygens (including phenoxy) is 3. The third-order valence-corrected chi connectivity index (χ3v) is 4.96. The molecule has 1 aliphatic rings. The molecule has 0 spiro atoms. The minimum absolute atomic E-state index is 0.00660. The third kappa shape index (κ3) is 3.53. The number of hydrogen-bond acceptors (Lipinski definition) is 12. The van der Waals surface area contributed by atoms with E-state index in [1.807, 2.05) is 0 Å². The van der Waals surface area contributed by atoms with Gasteiger partial charge < -0.3 is 38.5 Å². The molecule has 0 aliphatic carbocycles. The molecule has 3 N–H and O–H groups in total. The van der Waals surface area contributed by atoms with Crippen LogP contribution in [-0.2, 0) is 20.8 Å². The number of aromatic nitrogens is 4. The second-order valence-electron chi connectivity index (χ2n) is 6.78.